The zero-order valence-electron chi connectivity index (χ0n) is 14.0. The van der Waals surface area contributed by atoms with Gasteiger partial charge in [-0.2, -0.15) is 0 Å². The Bertz CT molecular complexity index is 584. The van der Waals surface area contributed by atoms with Gasteiger partial charge in [-0.15, -0.1) is 0 Å². The quantitative estimate of drug-likeness (QED) is 0.842. The topological polar surface area (TPSA) is 69.6 Å². The monoisotopic (exact) mass is 330 g/mol. The standard InChI is InChI=1S/C19H26N2O3/c22-17(23)8-7-16(13-15-5-2-1-3-6-15)20-18(24)21-12-11-19(14-21)9-4-10-19/h1-3,5-6,16H,4,7-14H2,(H,20,24)(H,22,23). The van der Waals surface area contributed by atoms with Crippen molar-refractivity contribution < 1.29 is 14.7 Å². The molecule has 3 rings (SSSR count). The van der Waals surface area contributed by atoms with Gasteiger partial charge in [0.2, 0.25) is 0 Å². The molecule has 1 unspecified atom stereocenters. The molecule has 2 amide bonds. The summed E-state index contributed by atoms with van der Waals surface area (Å²) < 4.78 is 0. The Morgan fingerprint density at radius 2 is 1.96 bits per heavy atom. The molecule has 5 heteroatoms. The molecular formula is C19H26N2O3. The highest BCUT2D eigenvalue weighted by Crippen LogP contribution is 2.47. The number of hydrogen-bond acceptors (Lipinski definition) is 2. The van der Waals surface area contributed by atoms with Gasteiger partial charge in [0.05, 0.1) is 0 Å². The molecule has 1 aromatic rings. The first-order chi connectivity index (χ1) is 11.6. The van der Waals surface area contributed by atoms with Crippen LogP contribution in [-0.4, -0.2) is 41.1 Å². The van der Waals surface area contributed by atoms with Gasteiger partial charge in [0.1, 0.15) is 0 Å². The third kappa shape index (κ3) is 4.08. The van der Waals surface area contributed by atoms with Crippen molar-refractivity contribution in [1.29, 1.82) is 0 Å². The van der Waals surface area contributed by atoms with E-state index in [1.54, 1.807) is 0 Å². The summed E-state index contributed by atoms with van der Waals surface area (Å²) >= 11 is 0. The van der Waals surface area contributed by atoms with Gasteiger partial charge in [-0.3, -0.25) is 4.79 Å². The second-order valence-corrected chi connectivity index (χ2v) is 7.29. The van der Waals surface area contributed by atoms with Crippen LogP contribution in [0.25, 0.3) is 0 Å². The number of benzene rings is 1. The summed E-state index contributed by atoms with van der Waals surface area (Å²) in [6.45, 7) is 1.68. The molecule has 1 spiro atoms. The Balaban J connectivity index is 1.57. The minimum Gasteiger partial charge on any atom is -0.481 e. The highest BCUT2D eigenvalue weighted by Gasteiger charge is 2.44. The Morgan fingerprint density at radius 1 is 1.21 bits per heavy atom. The van der Waals surface area contributed by atoms with Crippen LogP contribution in [0.3, 0.4) is 0 Å². The van der Waals surface area contributed by atoms with Crippen LogP contribution in [0.4, 0.5) is 4.79 Å². The molecule has 0 radical (unpaired) electrons. The molecule has 1 aliphatic carbocycles. The number of carbonyl (C=O) groups excluding carboxylic acids is 1. The molecule has 2 fully saturated rings. The van der Waals surface area contributed by atoms with E-state index in [1.807, 2.05) is 35.2 Å². The minimum atomic E-state index is -0.822. The molecule has 5 nitrogen and oxygen atoms in total. The van der Waals surface area contributed by atoms with Crippen molar-refractivity contribution in [3.63, 3.8) is 0 Å². The Kier molecular flexibility index (Phi) is 5.07. The molecular weight excluding hydrogens is 304 g/mol. The molecule has 0 bridgehead atoms. The van der Waals surface area contributed by atoms with Gasteiger partial charge in [-0.25, -0.2) is 4.79 Å². The number of carboxylic acids is 1. The van der Waals surface area contributed by atoms with E-state index < -0.39 is 5.97 Å². The lowest BCUT2D eigenvalue weighted by molar-refractivity contribution is -0.137. The van der Waals surface area contributed by atoms with Crippen LogP contribution in [0, 0.1) is 5.41 Å². The molecule has 1 atom stereocenters. The lowest BCUT2D eigenvalue weighted by Crippen LogP contribution is -2.46. The van der Waals surface area contributed by atoms with E-state index in [0.717, 1.165) is 25.1 Å². The fourth-order valence-corrected chi connectivity index (χ4v) is 3.88. The van der Waals surface area contributed by atoms with E-state index in [0.29, 0.717) is 18.3 Å². The number of hydrogen-bond donors (Lipinski definition) is 2. The zero-order valence-corrected chi connectivity index (χ0v) is 14.0. The maximum Gasteiger partial charge on any atom is 0.317 e. The van der Waals surface area contributed by atoms with Crippen LogP contribution in [0.2, 0.25) is 0 Å². The number of urea groups is 1. The number of aliphatic carboxylic acids is 1. The van der Waals surface area contributed by atoms with Gasteiger partial charge in [0.15, 0.2) is 0 Å². The van der Waals surface area contributed by atoms with E-state index in [1.165, 1.54) is 19.3 Å². The van der Waals surface area contributed by atoms with E-state index in [9.17, 15) is 9.59 Å². The average Bonchev–Trinajstić information content (AvgIpc) is 2.99. The van der Waals surface area contributed by atoms with Crippen molar-refractivity contribution in [2.24, 2.45) is 5.41 Å². The second kappa shape index (κ2) is 7.24. The summed E-state index contributed by atoms with van der Waals surface area (Å²) in [7, 11) is 0. The minimum absolute atomic E-state index is 0.0369. The SMILES string of the molecule is O=C(O)CCC(Cc1ccccc1)NC(=O)N1CCC2(CCC2)C1. The van der Waals surface area contributed by atoms with E-state index in [2.05, 4.69) is 5.32 Å². The van der Waals surface area contributed by atoms with Crippen LogP contribution >= 0.6 is 0 Å². The Hall–Kier alpha value is -2.04. The van der Waals surface area contributed by atoms with E-state index >= 15 is 0 Å². The highest BCUT2D eigenvalue weighted by molar-refractivity contribution is 5.75. The van der Waals surface area contributed by atoms with Crippen LogP contribution in [0.15, 0.2) is 30.3 Å². The van der Waals surface area contributed by atoms with E-state index in [-0.39, 0.29) is 18.5 Å². The van der Waals surface area contributed by atoms with Gasteiger partial charge < -0.3 is 15.3 Å². The predicted molar refractivity (Wildman–Crippen MR) is 91.8 cm³/mol. The molecule has 0 aromatic heterocycles. The summed E-state index contributed by atoms with van der Waals surface area (Å²) in [6.07, 6.45) is 6.06. The maximum atomic E-state index is 12.6. The van der Waals surface area contributed by atoms with Crippen molar-refractivity contribution >= 4 is 12.0 Å². The summed E-state index contributed by atoms with van der Waals surface area (Å²) in [6, 6.07) is 9.73. The molecule has 2 N–H and O–H groups in total. The number of amides is 2. The summed E-state index contributed by atoms with van der Waals surface area (Å²) in [5, 5.41) is 12.0. The van der Waals surface area contributed by atoms with Crippen molar-refractivity contribution in [2.45, 2.75) is 51.0 Å². The summed E-state index contributed by atoms with van der Waals surface area (Å²) in [4.78, 5) is 25.4. The largest absolute Gasteiger partial charge is 0.481 e. The smallest absolute Gasteiger partial charge is 0.317 e. The molecule has 1 saturated carbocycles. The predicted octanol–water partition coefficient (Wildman–Crippen LogP) is 3.05. The highest BCUT2D eigenvalue weighted by atomic mass is 16.4. The lowest BCUT2D eigenvalue weighted by atomic mass is 9.68. The van der Waals surface area contributed by atoms with Crippen molar-refractivity contribution in [1.82, 2.24) is 10.2 Å². The maximum absolute atomic E-state index is 12.6. The Labute approximate surface area is 143 Å². The molecule has 1 aliphatic heterocycles. The Morgan fingerprint density at radius 3 is 2.54 bits per heavy atom. The van der Waals surface area contributed by atoms with Gasteiger partial charge in [-0.05, 0) is 43.1 Å². The molecule has 2 aliphatic rings. The first-order valence-corrected chi connectivity index (χ1v) is 8.88. The van der Waals surface area contributed by atoms with Crippen LogP contribution in [0.5, 0.6) is 0 Å². The fraction of sp³-hybridized carbons (Fsp3) is 0.579. The first-order valence-electron chi connectivity index (χ1n) is 8.88. The van der Waals surface area contributed by atoms with Gasteiger partial charge in [0.25, 0.3) is 0 Å². The second-order valence-electron chi connectivity index (χ2n) is 7.29. The third-order valence-electron chi connectivity index (χ3n) is 5.50. The van der Waals surface area contributed by atoms with Gasteiger partial charge in [-0.1, -0.05) is 36.8 Å². The molecule has 1 heterocycles. The lowest BCUT2D eigenvalue weighted by Gasteiger charge is -2.38. The third-order valence-corrected chi connectivity index (χ3v) is 5.50. The normalized spacial score (nSPS) is 19.8. The molecule has 130 valence electrons. The fourth-order valence-electron chi connectivity index (χ4n) is 3.88. The number of nitrogens with zero attached hydrogens (tertiary/aromatic N) is 1. The number of carboxylic acid groups (broad SMARTS) is 1. The summed E-state index contributed by atoms with van der Waals surface area (Å²) in [5.41, 5.74) is 1.50. The van der Waals surface area contributed by atoms with Gasteiger partial charge in [0, 0.05) is 25.6 Å². The van der Waals surface area contributed by atoms with Crippen LogP contribution < -0.4 is 5.32 Å². The first kappa shape index (κ1) is 16.8. The van der Waals surface area contributed by atoms with E-state index in [4.69, 9.17) is 5.11 Å². The van der Waals surface area contributed by atoms with Gasteiger partial charge >= 0.3 is 12.0 Å². The molecule has 24 heavy (non-hydrogen) atoms. The number of carbonyl (C=O) groups is 2. The van der Waals surface area contributed by atoms with Crippen LogP contribution in [-0.2, 0) is 11.2 Å². The molecule has 1 saturated heterocycles. The zero-order chi connectivity index (χ0) is 17.0. The molecule has 1 aromatic carbocycles. The average molecular weight is 330 g/mol. The van der Waals surface area contributed by atoms with Crippen molar-refractivity contribution in [2.75, 3.05) is 13.1 Å². The number of rotatable bonds is 6. The van der Waals surface area contributed by atoms with Crippen molar-refractivity contribution in [3.8, 4) is 0 Å². The number of nitrogens with one attached hydrogen (secondary N) is 1. The number of likely N-dealkylation sites (tertiary alicyclic amines) is 1. The van der Waals surface area contributed by atoms with Crippen LogP contribution in [0.1, 0.15) is 44.1 Å². The summed E-state index contributed by atoms with van der Waals surface area (Å²) in [5.74, 6) is -0.822. The van der Waals surface area contributed by atoms with Crippen molar-refractivity contribution in [3.05, 3.63) is 35.9 Å².